The molecule has 2 aliphatic heterocycles. The highest BCUT2D eigenvalue weighted by Crippen LogP contribution is 2.35. The van der Waals surface area contributed by atoms with E-state index in [1.807, 2.05) is 51.1 Å². The van der Waals surface area contributed by atoms with Gasteiger partial charge in [-0.2, -0.15) is 9.65 Å². The molecule has 2 aliphatic rings. The molecule has 2 aromatic carbocycles. The zero-order valence-electron chi connectivity index (χ0n) is 17.2. The van der Waals surface area contributed by atoms with E-state index in [2.05, 4.69) is 16.7 Å². The Morgan fingerprint density at radius 2 is 1.72 bits per heavy atom. The highest BCUT2D eigenvalue weighted by atomic mass is 19.1. The van der Waals surface area contributed by atoms with Crippen LogP contribution in [-0.4, -0.2) is 33.0 Å². The van der Waals surface area contributed by atoms with Gasteiger partial charge in [0.15, 0.2) is 12.5 Å². The number of nitrogens with zero attached hydrogens (tertiary/aromatic N) is 1. The van der Waals surface area contributed by atoms with Gasteiger partial charge in [-0.15, -0.1) is 0 Å². The minimum atomic E-state index is -0.445. The van der Waals surface area contributed by atoms with Crippen molar-refractivity contribution in [3.05, 3.63) is 65.1 Å². The number of benzene rings is 2. The summed E-state index contributed by atoms with van der Waals surface area (Å²) in [6.45, 7) is 9.90. The largest absolute Gasteiger partial charge is 0.468 e. The van der Waals surface area contributed by atoms with Crippen molar-refractivity contribution in [2.45, 2.75) is 20.8 Å². The molecule has 0 aromatic heterocycles. The summed E-state index contributed by atoms with van der Waals surface area (Å²) in [4.78, 5) is 0. The fourth-order valence-corrected chi connectivity index (χ4v) is 2.95. The molecule has 4 rings (SSSR count). The van der Waals surface area contributed by atoms with Crippen LogP contribution in [0.2, 0.25) is 0 Å². The zero-order chi connectivity index (χ0) is 21.1. The number of halogens is 1. The molecule has 0 spiro atoms. The van der Waals surface area contributed by atoms with Gasteiger partial charge < -0.3 is 20.1 Å². The molecule has 0 aliphatic carbocycles. The minimum Gasteiger partial charge on any atom is -0.468 e. The molecule has 5 nitrogen and oxygen atoms in total. The lowest BCUT2D eigenvalue weighted by Gasteiger charge is -2.13. The van der Waals surface area contributed by atoms with Crippen LogP contribution in [0.1, 0.15) is 30.5 Å². The average molecular weight is 397 g/mol. The number of nitriles is 1. The van der Waals surface area contributed by atoms with E-state index in [1.165, 1.54) is 0 Å². The van der Waals surface area contributed by atoms with Crippen LogP contribution in [0, 0.1) is 18.3 Å². The molecule has 1 saturated heterocycles. The van der Waals surface area contributed by atoms with Crippen molar-refractivity contribution in [3.8, 4) is 17.2 Å². The monoisotopic (exact) mass is 397 g/mol. The Bertz CT molecular complexity index is 842. The standard InChI is InChI=1S/C17H13FN2O.C4H9NO.C2H6/c1-11-3-2-4-14(13-7-5-12(9-19)6-8-13)15(11)16-17(18)20-10-21-16;1-3-6-4-2-5-1;1-2/h2-8,20H,10H2,1H3;5H,1-4H2;1-2H3. The van der Waals surface area contributed by atoms with Crippen molar-refractivity contribution in [2.24, 2.45) is 0 Å². The lowest BCUT2D eigenvalue weighted by atomic mass is 9.94. The number of morpholine rings is 1. The predicted octanol–water partition coefficient (Wildman–Crippen LogP) is 4.34. The number of hydrogen-bond acceptors (Lipinski definition) is 5. The van der Waals surface area contributed by atoms with Crippen molar-refractivity contribution >= 4 is 5.76 Å². The number of hydrogen-bond donors (Lipinski definition) is 2. The van der Waals surface area contributed by atoms with Crippen LogP contribution in [0.25, 0.3) is 16.9 Å². The van der Waals surface area contributed by atoms with Gasteiger partial charge in [0.2, 0.25) is 5.95 Å². The maximum absolute atomic E-state index is 13.9. The van der Waals surface area contributed by atoms with Crippen molar-refractivity contribution in [2.75, 3.05) is 33.0 Å². The highest BCUT2D eigenvalue weighted by Gasteiger charge is 2.22. The van der Waals surface area contributed by atoms with Gasteiger partial charge in [-0.05, 0) is 35.7 Å². The Morgan fingerprint density at radius 1 is 1.03 bits per heavy atom. The number of ether oxygens (including phenoxy) is 2. The van der Waals surface area contributed by atoms with Crippen molar-refractivity contribution in [1.29, 1.82) is 5.26 Å². The van der Waals surface area contributed by atoms with Crippen molar-refractivity contribution in [1.82, 2.24) is 10.6 Å². The molecule has 6 heteroatoms. The van der Waals surface area contributed by atoms with Gasteiger partial charge in [0.1, 0.15) is 0 Å². The van der Waals surface area contributed by atoms with Crippen LogP contribution in [-0.2, 0) is 9.47 Å². The maximum atomic E-state index is 13.9. The summed E-state index contributed by atoms with van der Waals surface area (Å²) in [5, 5.41) is 14.6. The molecule has 154 valence electrons. The van der Waals surface area contributed by atoms with E-state index < -0.39 is 5.95 Å². The lowest BCUT2D eigenvalue weighted by Crippen LogP contribution is -2.30. The molecule has 0 unspecified atom stereocenters. The average Bonchev–Trinajstić information content (AvgIpc) is 3.22. The van der Waals surface area contributed by atoms with Crippen LogP contribution < -0.4 is 10.6 Å². The molecular formula is C23H28FN3O2. The second kappa shape index (κ2) is 11.8. The van der Waals surface area contributed by atoms with E-state index in [0.29, 0.717) is 5.56 Å². The van der Waals surface area contributed by atoms with Gasteiger partial charge >= 0.3 is 0 Å². The van der Waals surface area contributed by atoms with Gasteiger partial charge in [-0.1, -0.05) is 44.2 Å². The summed E-state index contributed by atoms with van der Waals surface area (Å²) in [5.74, 6) is -0.202. The summed E-state index contributed by atoms with van der Waals surface area (Å²) in [7, 11) is 0. The number of nitrogens with one attached hydrogen (secondary N) is 2. The Balaban J connectivity index is 0.000000317. The third-order valence-electron chi connectivity index (χ3n) is 4.31. The van der Waals surface area contributed by atoms with Crippen LogP contribution in [0.3, 0.4) is 0 Å². The fourth-order valence-electron chi connectivity index (χ4n) is 2.95. The van der Waals surface area contributed by atoms with Gasteiger partial charge in [-0.25, -0.2) is 0 Å². The van der Waals surface area contributed by atoms with E-state index >= 15 is 0 Å². The van der Waals surface area contributed by atoms with Gasteiger partial charge in [-0.3, -0.25) is 0 Å². The van der Waals surface area contributed by atoms with Crippen LogP contribution in [0.4, 0.5) is 4.39 Å². The molecule has 29 heavy (non-hydrogen) atoms. The topological polar surface area (TPSA) is 66.3 Å². The second-order valence-corrected chi connectivity index (χ2v) is 6.16. The molecule has 1 fully saturated rings. The van der Waals surface area contributed by atoms with Crippen LogP contribution in [0.15, 0.2) is 48.4 Å². The quantitative estimate of drug-likeness (QED) is 0.738. The lowest BCUT2D eigenvalue weighted by molar-refractivity contribution is 0.109. The molecule has 2 aromatic rings. The SMILES string of the molecule is C1COCCN1.CC.Cc1cccc(-c2ccc(C#N)cc2)c1C1=C(F)NCO1. The van der Waals surface area contributed by atoms with Crippen molar-refractivity contribution < 1.29 is 13.9 Å². The van der Waals surface area contributed by atoms with Gasteiger partial charge in [0, 0.05) is 18.7 Å². The van der Waals surface area contributed by atoms with E-state index in [9.17, 15) is 4.39 Å². The fraction of sp³-hybridized carbons (Fsp3) is 0.348. The third-order valence-corrected chi connectivity index (χ3v) is 4.31. The molecule has 2 heterocycles. The summed E-state index contributed by atoms with van der Waals surface area (Å²) in [6.07, 6.45) is 0. The summed E-state index contributed by atoms with van der Waals surface area (Å²) >= 11 is 0. The van der Waals surface area contributed by atoms with Crippen LogP contribution in [0.5, 0.6) is 0 Å². The first-order valence-electron chi connectivity index (χ1n) is 9.86. The predicted molar refractivity (Wildman–Crippen MR) is 113 cm³/mol. The second-order valence-electron chi connectivity index (χ2n) is 6.16. The van der Waals surface area contributed by atoms with E-state index in [-0.39, 0.29) is 12.5 Å². The maximum Gasteiger partial charge on any atom is 0.232 e. The Hall–Kier alpha value is -2.88. The van der Waals surface area contributed by atoms with E-state index in [4.69, 9.17) is 14.7 Å². The molecule has 0 amide bonds. The summed E-state index contributed by atoms with van der Waals surface area (Å²) < 4.78 is 24.3. The van der Waals surface area contributed by atoms with E-state index in [1.54, 1.807) is 12.1 Å². The first-order chi connectivity index (χ1) is 14.2. The van der Waals surface area contributed by atoms with Gasteiger partial charge in [0.25, 0.3) is 0 Å². The molecule has 0 bridgehead atoms. The summed E-state index contributed by atoms with van der Waals surface area (Å²) in [5.41, 5.74) is 4.07. The Morgan fingerprint density at radius 3 is 2.21 bits per heavy atom. The first-order valence-corrected chi connectivity index (χ1v) is 9.86. The van der Waals surface area contributed by atoms with Crippen LogP contribution >= 0.6 is 0 Å². The van der Waals surface area contributed by atoms with Gasteiger partial charge in [0.05, 0.1) is 24.8 Å². The zero-order valence-corrected chi connectivity index (χ0v) is 17.2. The first kappa shape index (κ1) is 22.4. The molecule has 0 radical (unpaired) electrons. The smallest absolute Gasteiger partial charge is 0.232 e. The molecule has 2 N–H and O–H groups in total. The Labute approximate surface area is 172 Å². The molecular weight excluding hydrogens is 369 g/mol. The number of aryl methyl sites for hydroxylation is 1. The number of rotatable bonds is 2. The summed E-state index contributed by atoms with van der Waals surface area (Å²) in [6, 6.07) is 15.1. The minimum absolute atomic E-state index is 0.141. The molecule has 0 saturated carbocycles. The Kier molecular flexibility index (Phi) is 9.16. The van der Waals surface area contributed by atoms with E-state index in [0.717, 1.165) is 48.6 Å². The third kappa shape index (κ3) is 6.05. The van der Waals surface area contributed by atoms with Crippen molar-refractivity contribution in [3.63, 3.8) is 0 Å². The molecule has 0 atom stereocenters. The highest BCUT2D eigenvalue weighted by molar-refractivity contribution is 5.82. The normalized spacial score (nSPS) is 15.0.